The van der Waals surface area contributed by atoms with Gasteiger partial charge in [0.2, 0.25) is 5.13 Å². The summed E-state index contributed by atoms with van der Waals surface area (Å²) in [5.74, 6) is -1.14. The predicted octanol–water partition coefficient (Wildman–Crippen LogP) is 4.36. The molecule has 1 aromatic carbocycles. The van der Waals surface area contributed by atoms with Crippen LogP contribution in [0.2, 0.25) is 0 Å². The van der Waals surface area contributed by atoms with Gasteiger partial charge in [0.25, 0.3) is 6.43 Å². The molecule has 29 heavy (non-hydrogen) atoms. The quantitative estimate of drug-likeness (QED) is 0.273. The molecule has 0 fully saturated rings. The predicted molar refractivity (Wildman–Crippen MR) is 96.6 cm³/mol. The summed E-state index contributed by atoms with van der Waals surface area (Å²) in [5.41, 5.74) is 2.08. The fourth-order valence-corrected chi connectivity index (χ4v) is 2.75. The van der Waals surface area contributed by atoms with E-state index in [1.165, 1.54) is 6.21 Å². The van der Waals surface area contributed by atoms with Crippen LogP contribution in [-0.4, -0.2) is 36.8 Å². The number of thiazole rings is 1. The molecule has 0 radical (unpaired) electrons. The number of hydrogen-bond donors (Lipinski definition) is 1. The Morgan fingerprint density at radius 3 is 2.79 bits per heavy atom. The highest BCUT2D eigenvalue weighted by molar-refractivity contribution is 7.13. The molecule has 0 bridgehead atoms. The number of anilines is 1. The molecule has 0 saturated carbocycles. The molecule has 1 heterocycles. The maximum absolute atomic E-state index is 13.0. The van der Waals surface area contributed by atoms with E-state index < -0.39 is 36.5 Å². The number of carbonyl (C=O) groups is 1. The summed E-state index contributed by atoms with van der Waals surface area (Å²) in [6, 6.07) is 2.81. The van der Waals surface area contributed by atoms with Crippen molar-refractivity contribution in [3.8, 4) is 5.75 Å². The second kappa shape index (κ2) is 10.1. The maximum atomic E-state index is 13.0. The molecule has 12 heteroatoms. The van der Waals surface area contributed by atoms with Gasteiger partial charge in [-0.15, -0.1) is 11.3 Å². The minimum Gasteiger partial charge on any atom is -0.487 e. The SMILES string of the molecule is CCOC(=O)Cc1csc(NN=Cc2ccc(C(F)(F)F)c(OCC(F)F)c2)n1. The van der Waals surface area contributed by atoms with Gasteiger partial charge in [-0.3, -0.25) is 10.2 Å². The van der Waals surface area contributed by atoms with Crippen molar-refractivity contribution in [2.45, 2.75) is 25.9 Å². The Labute approximate surface area is 166 Å². The summed E-state index contributed by atoms with van der Waals surface area (Å²) >= 11 is 1.16. The molecule has 2 aromatic rings. The van der Waals surface area contributed by atoms with Crippen LogP contribution in [0, 0.1) is 0 Å². The third-order valence-corrected chi connectivity index (χ3v) is 4.03. The Bertz CT molecular complexity index is 855. The first-order chi connectivity index (χ1) is 13.7. The molecule has 0 aliphatic heterocycles. The highest BCUT2D eigenvalue weighted by Gasteiger charge is 2.34. The molecule has 0 aliphatic carbocycles. The molecule has 1 aromatic heterocycles. The lowest BCUT2D eigenvalue weighted by Crippen LogP contribution is -2.13. The van der Waals surface area contributed by atoms with E-state index in [0.717, 1.165) is 29.5 Å². The minimum atomic E-state index is -4.75. The van der Waals surface area contributed by atoms with Crippen LogP contribution in [-0.2, 0) is 22.1 Å². The minimum absolute atomic E-state index is 0.000521. The number of nitrogens with one attached hydrogen (secondary N) is 1. The number of esters is 1. The largest absolute Gasteiger partial charge is 0.487 e. The molecule has 158 valence electrons. The number of carbonyl (C=O) groups excluding carboxylic acids is 1. The first-order valence-corrected chi connectivity index (χ1v) is 9.08. The van der Waals surface area contributed by atoms with E-state index in [4.69, 9.17) is 4.74 Å². The van der Waals surface area contributed by atoms with Crippen LogP contribution >= 0.6 is 11.3 Å². The molecule has 0 saturated heterocycles. The van der Waals surface area contributed by atoms with E-state index in [9.17, 15) is 26.7 Å². The lowest BCUT2D eigenvalue weighted by molar-refractivity contribution is -0.142. The number of ether oxygens (including phenoxy) is 2. The Morgan fingerprint density at radius 1 is 1.38 bits per heavy atom. The van der Waals surface area contributed by atoms with Crippen molar-refractivity contribution in [1.82, 2.24) is 4.98 Å². The zero-order valence-corrected chi connectivity index (χ0v) is 15.8. The standard InChI is InChI=1S/C17H16F5N3O3S/c1-2-27-15(26)6-11-9-29-16(24-11)25-23-7-10-3-4-12(17(20,21)22)13(5-10)28-8-14(18)19/h3-5,7,9,14H,2,6,8H2,1H3,(H,24,25). The van der Waals surface area contributed by atoms with Crippen LogP contribution in [0.5, 0.6) is 5.75 Å². The molecular formula is C17H16F5N3O3S. The van der Waals surface area contributed by atoms with Gasteiger partial charge in [-0.2, -0.15) is 18.3 Å². The Balaban J connectivity index is 2.05. The van der Waals surface area contributed by atoms with Crippen molar-refractivity contribution in [2.24, 2.45) is 5.10 Å². The highest BCUT2D eigenvalue weighted by atomic mass is 32.1. The molecule has 0 aliphatic rings. The van der Waals surface area contributed by atoms with Crippen molar-refractivity contribution in [2.75, 3.05) is 18.6 Å². The van der Waals surface area contributed by atoms with Crippen LogP contribution in [0.25, 0.3) is 0 Å². The Hall–Kier alpha value is -2.76. The Morgan fingerprint density at radius 2 is 2.14 bits per heavy atom. The van der Waals surface area contributed by atoms with Gasteiger partial charge in [-0.25, -0.2) is 13.8 Å². The van der Waals surface area contributed by atoms with Crippen molar-refractivity contribution in [1.29, 1.82) is 0 Å². The van der Waals surface area contributed by atoms with E-state index in [1.807, 2.05) is 0 Å². The van der Waals surface area contributed by atoms with Crippen molar-refractivity contribution in [3.05, 3.63) is 40.4 Å². The second-order valence-electron chi connectivity index (χ2n) is 5.45. The zero-order valence-electron chi connectivity index (χ0n) is 15.0. The smallest absolute Gasteiger partial charge is 0.419 e. The van der Waals surface area contributed by atoms with Gasteiger partial charge in [0, 0.05) is 5.38 Å². The number of nitrogens with zero attached hydrogens (tertiary/aromatic N) is 2. The summed E-state index contributed by atoms with van der Waals surface area (Å²) in [6.07, 6.45) is -6.48. The molecule has 1 N–H and O–H groups in total. The number of aromatic nitrogens is 1. The average Bonchev–Trinajstić information content (AvgIpc) is 3.06. The second-order valence-corrected chi connectivity index (χ2v) is 6.31. The van der Waals surface area contributed by atoms with Crippen LogP contribution in [0.4, 0.5) is 27.1 Å². The Kier molecular flexibility index (Phi) is 7.88. The molecule has 0 atom stereocenters. The fourth-order valence-electron chi connectivity index (χ4n) is 2.09. The van der Waals surface area contributed by atoms with E-state index in [0.29, 0.717) is 10.8 Å². The number of benzene rings is 1. The van der Waals surface area contributed by atoms with Gasteiger partial charge in [0.15, 0.2) is 0 Å². The van der Waals surface area contributed by atoms with Gasteiger partial charge >= 0.3 is 12.1 Å². The number of hydrogen-bond acceptors (Lipinski definition) is 7. The van der Waals surface area contributed by atoms with E-state index in [1.54, 1.807) is 12.3 Å². The number of hydrazone groups is 1. The summed E-state index contributed by atoms with van der Waals surface area (Å²) in [4.78, 5) is 15.5. The summed E-state index contributed by atoms with van der Waals surface area (Å²) in [5, 5.41) is 5.82. The molecule has 0 amide bonds. The van der Waals surface area contributed by atoms with Gasteiger partial charge in [-0.05, 0) is 24.6 Å². The monoisotopic (exact) mass is 437 g/mol. The van der Waals surface area contributed by atoms with E-state index >= 15 is 0 Å². The highest BCUT2D eigenvalue weighted by Crippen LogP contribution is 2.36. The molecule has 0 spiro atoms. The molecular weight excluding hydrogens is 421 g/mol. The number of alkyl halides is 5. The van der Waals surface area contributed by atoms with Crippen LogP contribution in [0.1, 0.15) is 23.7 Å². The van der Waals surface area contributed by atoms with Crippen molar-refractivity contribution >= 4 is 28.7 Å². The summed E-state index contributed by atoms with van der Waals surface area (Å²) < 4.78 is 72.9. The third-order valence-electron chi connectivity index (χ3n) is 3.23. The summed E-state index contributed by atoms with van der Waals surface area (Å²) in [6.45, 7) is 0.782. The maximum Gasteiger partial charge on any atom is 0.419 e. The molecule has 0 unspecified atom stereocenters. The zero-order chi connectivity index (χ0) is 21.4. The fraction of sp³-hybridized carbons (Fsp3) is 0.353. The van der Waals surface area contributed by atoms with Crippen molar-refractivity contribution < 1.29 is 36.2 Å². The van der Waals surface area contributed by atoms with Gasteiger partial charge < -0.3 is 9.47 Å². The summed E-state index contributed by atoms with van der Waals surface area (Å²) in [7, 11) is 0. The van der Waals surface area contributed by atoms with Crippen molar-refractivity contribution in [3.63, 3.8) is 0 Å². The first-order valence-electron chi connectivity index (χ1n) is 8.20. The van der Waals surface area contributed by atoms with Gasteiger partial charge in [-0.1, -0.05) is 6.07 Å². The molecule has 6 nitrogen and oxygen atoms in total. The normalized spacial score (nSPS) is 11.8. The van der Waals surface area contributed by atoms with E-state index in [-0.39, 0.29) is 18.6 Å². The first kappa shape index (κ1) is 22.5. The number of rotatable bonds is 9. The lowest BCUT2D eigenvalue weighted by atomic mass is 10.1. The van der Waals surface area contributed by atoms with Gasteiger partial charge in [0.1, 0.15) is 12.4 Å². The molecule has 2 rings (SSSR count). The topological polar surface area (TPSA) is 72.8 Å². The third kappa shape index (κ3) is 7.29. The van der Waals surface area contributed by atoms with Crippen LogP contribution < -0.4 is 10.2 Å². The van der Waals surface area contributed by atoms with Crippen LogP contribution in [0.3, 0.4) is 0 Å². The average molecular weight is 437 g/mol. The van der Waals surface area contributed by atoms with Gasteiger partial charge in [0.05, 0.1) is 30.5 Å². The van der Waals surface area contributed by atoms with Crippen LogP contribution in [0.15, 0.2) is 28.7 Å². The lowest BCUT2D eigenvalue weighted by Gasteiger charge is -2.14. The number of halogens is 5. The van der Waals surface area contributed by atoms with E-state index in [2.05, 4.69) is 20.2 Å².